The van der Waals surface area contributed by atoms with E-state index in [0.717, 1.165) is 11.3 Å². The van der Waals surface area contributed by atoms with Crippen LogP contribution in [0.5, 0.6) is 0 Å². The van der Waals surface area contributed by atoms with Crippen molar-refractivity contribution in [3.63, 3.8) is 0 Å². The number of nitrogens with one attached hydrogen (secondary N) is 1. The summed E-state index contributed by atoms with van der Waals surface area (Å²) in [5.74, 6) is 0.510. The second-order valence-electron chi connectivity index (χ2n) is 3.83. The van der Waals surface area contributed by atoms with Gasteiger partial charge in [0.1, 0.15) is 5.82 Å². The van der Waals surface area contributed by atoms with E-state index >= 15 is 0 Å². The SMILES string of the molecule is CC.OCc1cccc(Nc2cc(B(O)O)ccn2)c1. The highest BCUT2D eigenvalue weighted by molar-refractivity contribution is 6.58. The van der Waals surface area contributed by atoms with Gasteiger partial charge in [-0.2, -0.15) is 0 Å². The van der Waals surface area contributed by atoms with E-state index in [-0.39, 0.29) is 6.61 Å². The van der Waals surface area contributed by atoms with E-state index in [9.17, 15) is 0 Å². The molecule has 106 valence electrons. The van der Waals surface area contributed by atoms with Crippen LogP contribution in [0, 0.1) is 0 Å². The van der Waals surface area contributed by atoms with Gasteiger partial charge in [-0.3, -0.25) is 0 Å². The molecule has 0 spiro atoms. The normalized spacial score (nSPS) is 9.45. The lowest BCUT2D eigenvalue weighted by Crippen LogP contribution is -2.29. The van der Waals surface area contributed by atoms with Crippen LogP contribution in [0.3, 0.4) is 0 Å². The molecule has 0 aliphatic carbocycles. The zero-order valence-corrected chi connectivity index (χ0v) is 11.6. The maximum Gasteiger partial charge on any atom is 0.488 e. The number of benzene rings is 1. The zero-order chi connectivity index (χ0) is 15.0. The molecule has 0 unspecified atom stereocenters. The molecular formula is C14H19BN2O3. The molecule has 0 bridgehead atoms. The van der Waals surface area contributed by atoms with Crippen molar-refractivity contribution >= 4 is 24.1 Å². The van der Waals surface area contributed by atoms with Crippen LogP contribution in [-0.4, -0.2) is 27.3 Å². The Morgan fingerprint density at radius 1 is 1.15 bits per heavy atom. The molecule has 6 heteroatoms. The van der Waals surface area contributed by atoms with Crippen LogP contribution in [0.4, 0.5) is 11.5 Å². The van der Waals surface area contributed by atoms with E-state index < -0.39 is 7.12 Å². The molecule has 1 heterocycles. The second kappa shape index (κ2) is 8.32. The molecule has 0 saturated carbocycles. The number of aliphatic hydroxyl groups is 1. The smallest absolute Gasteiger partial charge is 0.423 e. The summed E-state index contributed by atoms with van der Waals surface area (Å²) in [5.41, 5.74) is 1.93. The third-order valence-corrected chi connectivity index (χ3v) is 2.46. The molecule has 4 N–H and O–H groups in total. The van der Waals surface area contributed by atoms with Crippen LogP contribution in [0.25, 0.3) is 0 Å². The topological polar surface area (TPSA) is 85.6 Å². The Balaban J connectivity index is 0.000000956. The van der Waals surface area contributed by atoms with Crippen LogP contribution in [-0.2, 0) is 6.61 Å². The maximum absolute atomic E-state index is 9.06. The Kier molecular flexibility index (Phi) is 6.73. The van der Waals surface area contributed by atoms with E-state index in [4.69, 9.17) is 15.2 Å². The highest BCUT2D eigenvalue weighted by atomic mass is 16.4. The van der Waals surface area contributed by atoms with Crippen LogP contribution >= 0.6 is 0 Å². The molecule has 0 aliphatic heterocycles. The molecule has 0 radical (unpaired) electrons. The Morgan fingerprint density at radius 3 is 2.55 bits per heavy atom. The standard InChI is InChI=1S/C12H13BN2O3.C2H6/c16-8-9-2-1-3-11(6-9)15-12-7-10(13(17)18)4-5-14-12;1-2/h1-7,16-18H,8H2,(H,14,15);1-2H3. The predicted octanol–water partition coefficient (Wildman–Crippen LogP) is 1.02. The molecular weight excluding hydrogens is 255 g/mol. The Labute approximate surface area is 119 Å². The van der Waals surface area contributed by atoms with Gasteiger partial charge in [-0.15, -0.1) is 0 Å². The lowest BCUT2D eigenvalue weighted by Gasteiger charge is -2.08. The van der Waals surface area contributed by atoms with Gasteiger partial charge >= 0.3 is 7.12 Å². The average Bonchev–Trinajstić information content (AvgIpc) is 2.50. The summed E-state index contributed by atoms with van der Waals surface area (Å²) in [4.78, 5) is 4.08. The van der Waals surface area contributed by atoms with Gasteiger partial charge in [0, 0.05) is 11.9 Å². The fourth-order valence-corrected chi connectivity index (χ4v) is 1.57. The van der Waals surface area contributed by atoms with Crippen molar-refractivity contribution in [1.29, 1.82) is 0 Å². The number of aliphatic hydroxyl groups excluding tert-OH is 1. The summed E-state index contributed by atoms with van der Waals surface area (Å²) < 4.78 is 0. The molecule has 2 aromatic rings. The van der Waals surface area contributed by atoms with E-state index in [1.54, 1.807) is 12.1 Å². The largest absolute Gasteiger partial charge is 0.488 e. The van der Waals surface area contributed by atoms with Crippen LogP contribution < -0.4 is 10.8 Å². The first-order chi connectivity index (χ1) is 9.69. The summed E-state index contributed by atoms with van der Waals surface area (Å²) >= 11 is 0. The molecule has 0 aliphatic rings. The van der Waals surface area contributed by atoms with Crippen LogP contribution in [0.15, 0.2) is 42.6 Å². The summed E-state index contributed by atoms with van der Waals surface area (Å²) in [6, 6.07) is 10.3. The van der Waals surface area contributed by atoms with Crippen molar-refractivity contribution in [2.75, 3.05) is 5.32 Å². The predicted molar refractivity (Wildman–Crippen MR) is 81.1 cm³/mol. The Morgan fingerprint density at radius 2 is 1.90 bits per heavy atom. The van der Waals surface area contributed by atoms with Crippen LogP contribution in [0.1, 0.15) is 19.4 Å². The van der Waals surface area contributed by atoms with Gasteiger partial charge in [0.25, 0.3) is 0 Å². The van der Waals surface area contributed by atoms with E-state index in [0.29, 0.717) is 11.3 Å². The van der Waals surface area contributed by atoms with Gasteiger partial charge in [0.2, 0.25) is 0 Å². The van der Waals surface area contributed by atoms with Gasteiger partial charge < -0.3 is 20.5 Å². The summed E-state index contributed by atoms with van der Waals surface area (Å²) in [5, 5.41) is 30.2. The molecule has 1 aromatic carbocycles. The highest BCUT2D eigenvalue weighted by Gasteiger charge is 2.11. The number of hydrogen-bond acceptors (Lipinski definition) is 5. The number of anilines is 2. The Hall–Kier alpha value is -1.89. The van der Waals surface area contributed by atoms with Gasteiger partial charge in [0.15, 0.2) is 0 Å². The van der Waals surface area contributed by atoms with Crippen molar-refractivity contribution in [3.8, 4) is 0 Å². The third-order valence-electron chi connectivity index (χ3n) is 2.46. The molecule has 20 heavy (non-hydrogen) atoms. The first-order valence-electron chi connectivity index (χ1n) is 6.48. The first-order valence-corrected chi connectivity index (χ1v) is 6.48. The minimum atomic E-state index is -1.52. The lowest BCUT2D eigenvalue weighted by molar-refractivity contribution is 0.282. The summed E-state index contributed by atoms with van der Waals surface area (Å²) in [6.45, 7) is 3.97. The van der Waals surface area contributed by atoms with Gasteiger partial charge in [0.05, 0.1) is 6.61 Å². The summed E-state index contributed by atoms with van der Waals surface area (Å²) in [6.07, 6.45) is 1.49. The van der Waals surface area contributed by atoms with E-state index in [1.807, 2.05) is 32.0 Å². The third kappa shape index (κ3) is 4.66. The minimum absolute atomic E-state index is 0.0294. The van der Waals surface area contributed by atoms with Crippen molar-refractivity contribution in [1.82, 2.24) is 4.98 Å². The van der Waals surface area contributed by atoms with Gasteiger partial charge in [-0.05, 0) is 35.3 Å². The molecule has 0 amide bonds. The second-order valence-corrected chi connectivity index (χ2v) is 3.83. The van der Waals surface area contributed by atoms with Gasteiger partial charge in [-0.25, -0.2) is 4.98 Å². The zero-order valence-electron chi connectivity index (χ0n) is 11.6. The van der Waals surface area contributed by atoms with Crippen LogP contribution in [0.2, 0.25) is 0 Å². The van der Waals surface area contributed by atoms with Crippen molar-refractivity contribution < 1.29 is 15.2 Å². The molecule has 0 atom stereocenters. The molecule has 5 nitrogen and oxygen atoms in total. The number of pyridine rings is 1. The van der Waals surface area contributed by atoms with Crippen molar-refractivity contribution in [2.45, 2.75) is 20.5 Å². The number of nitrogens with zero attached hydrogens (tertiary/aromatic N) is 1. The first kappa shape index (κ1) is 16.2. The Bertz CT molecular complexity index is 535. The molecule has 2 rings (SSSR count). The van der Waals surface area contributed by atoms with Crippen molar-refractivity contribution in [2.24, 2.45) is 0 Å². The maximum atomic E-state index is 9.06. The highest BCUT2D eigenvalue weighted by Crippen LogP contribution is 2.15. The summed E-state index contributed by atoms with van der Waals surface area (Å²) in [7, 11) is -1.52. The molecule has 0 fully saturated rings. The fourth-order valence-electron chi connectivity index (χ4n) is 1.57. The number of hydrogen-bond donors (Lipinski definition) is 4. The quantitative estimate of drug-likeness (QED) is 0.625. The van der Waals surface area contributed by atoms with E-state index in [2.05, 4.69) is 10.3 Å². The van der Waals surface area contributed by atoms with E-state index in [1.165, 1.54) is 12.3 Å². The fraction of sp³-hybridized carbons (Fsp3) is 0.214. The van der Waals surface area contributed by atoms with Gasteiger partial charge in [-0.1, -0.05) is 26.0 Å². The molecule has 0 saturated heterocycles. The monoisotopic (exact) mass is 274 g/mol. The lowest BCUT2D eigenvalue weighted by atomic mass is 9.81. The molecule has 1 aromatic heterocycles. The van der Waals surface area contributed by atoms with Crippen molar-refractivity contribution in [3.05, 3.63) is 48.2 Å². The number of rotatable bonds is 4. The minimum Gasteiger partial charge on any atom is -0.423 e. The number of aromatic nitrogens is 1. The average molecular weight is 274 g/mol.